The first-order valence-corrected chi connectivity index (χ1v) is 7.83. The summed E-state index contributed by atoms with van der Waals surface area (Å²) in [5.41, 5.74) is 0. The van der Waals surface area contributed by atoms with Gasteiger partial charge in [-0.15, -0.1) is 0 Å². The molecule has 0 aromatic heterocycles. The molecular weight excluding hydrogens is 293 g/mol. The monoisotopic (exact) mass is 313 g/mol. The zero-order valence-electron chi connectivity index (χ0n) is 12.2. The minimum absolute atomic E-state index is 0.0982. The highest BCUT2D eigenvalue weighted by Gasteiger charge is 2.21. The van der Waals surface area contributed by atoms with Crippen LogP contribution in [-0.2, 0) is 4.79 Å². The summed E-state index contributed by atoms with van der Waals surface area (Å²) in [5.74, 6) is 0.537. The first-order valence-electron chi connectivity index (χ1n) is 7.45. The number of carbonyl (C=O) groups excluding carboxylic acids is 1. The lowest BCUT2D eigenvalue weighted by molar-refractivity contribution is -0.124. The maximum Gasteiger partial charge on any atom is 0.258 e. The summed E-state index contributed by atoms with van der Waals surface area (Å²) >= 11 is 5.84. The summed E-state index contributed by atoms with van der Waals surface area (Å²) in [4.78, 5) is 11.9. The fraction of sp³-hybridized carbons (Fsp3) is 0.562. The number of benzene rings is 1. The molecular formula is C16H21ClFNO2. The van der Waals surface area contributed by atoms with E-state index in [4.69, 9.17) is 16.3 Å². The summed E-state index contributed by atoms with van der Waals surface area (Å²) in [6.45, 7) is 2.11. The molecule has 1 aliphatic carbocycles. The lowest BCUT2D eigenvalue weighted by atomic mass is 9.84. The van der Waals surface area contributed by atoms with Gasteiger partial charge in [-0.1, -0.05) is 24.9 Å². The zero-order chi connectivity index (χ0) is 15.2. The molecule has 1 N–H and O–H groups in total. The number of carbonyl (C=O) groups is 1. The molecule has 3 nitrogen and oxygen atoms in total. The van der Waals surface area contributed by atoms with E-state index in [1.165, 1.54) is 37.5 Å². The van der Waals surface area contributed by atoms with Gasteiger partial charge in [-0.25, -0.2) is 4.39 Å². The Morgan fingerprint density at radius 1 is 1.38 bits per heavy atom. The van der Waals surface area contributed by atoms with Crippen LogP contribution in [0.1, 0.15) is 39.0 Å². The number of rotatable bonds is 5. The van der Waals surface area contributed by atoms with Crippen molar-refractivity contribution in [3.63, 3.8) is 0 Å². The van der Waals surface area contributed by atoms with Crippen LogP contribution in [0.3, 0.4) is 0 Å². The Balaban J connectivity index is 1.75. The normalized spacial score (nSPS) is 21.9. The van der Waals surface area contributed by atoms with Crippen LogP contribution in [0.15, 0.2) is 18.2 Å². The van der Waals surface area contributed by atoms with Gasteiger partial charge in [-0.2, -0.15) is 0 Å². The third kappa shape index (κ3) is 4.88. The Hall–Kier alpha value is -1.29. The molecule has 1 aliphatic rings. The molecule has 1 aromatic carbocycles. The van der Waals surface area contributed by atoms with E-state index in [0.29, 0.717) is 5.75 Å². The number of halogens is 2. The predicted octanol–water partition coefficient (Wildman–Crippen LogP) is 3.94. The predicted molar refractivity (Wildman–Crippen MR) is 81.1 cm³/mol. The highest BCUT2D eigenvalue weighted by Crippen LogP contribution is 2.27. The van der Waals surface area contributed by atoms with Crippen molar-refractivity contribution in [1.29, 1.82) is 0 Å². The summed E-state index contributed by atoms with van der Waals surface area (Å²) in [5, 5.41) is 3.16. The van der Waals surface area contributed by atoms with Crippen molar-refractivity contribution in [3.05, 3.63) is 29.0 Å². The van der Waals surface area contributed by atoms with E-state index in [2.05, 4.69) is 12.2 Å². The Bertz CT molecular complexity index is 487. The van der Waals surface area contributed by atoms with Crippen molar-refractivity contribution in [2.45, 2.75) is 45.1 Å². The van der Waals surface area contributed by atoms with E-state index in [-0.39, 0.29) is 23.6 Å². The summed E-state index contributed by atoms with van der Waals surface area (Å²) in [7, 11) is 0. The van der Waals surface area contributed by atoms with Crippen LogP contribution in [0.5, 0.6) is 5.75 Å². The first kappa shape index (κ1) is 16.1. The van der Waals surface area contributed by atoms with Gasteiger partial charge in [0, 0.05) is 6.04 Å². The summed E-state index contributed by atoms with van der Waals surface area (Å²) < 4.78 is 18.2. The fourth-order valence-corrected chi connectivity index (χ4v) is 2.94. The van der Waals surface area contributed by atoms with E-state index < -0.39 is 5.82 Å². The van der Waals surface area contributed by atoms with Gasteiger partial charge in [0.15, 0.2) is 6.61 Å². The third-order valence-electron chi connectivity index (χ3n) is 4.04. The molecule has 0 atom stereocenters. The van der Waals surface area contributed by atoms with Crippen LogP contribution in [0.4, 0.5) is 4.39 Å². The Morgan fingerprint density at radius 3 is 2.71 bits per heavy atom. The summed E-state index contributed by atoms with van der Waals surface area (Å²) in [6, 6.07) is 4.09. The second-order valence-electron chi connectivity index (χ2n) is 5.56. The lowest BCUT2D eigenvalue weighted by Crippen LogP contribution is -2.40. The van der Waals surface area contributed by atoms with E-state index in [9.17, 15) is 9.18 Å². The molecule has 1 amide bonds. The van der Waals surface area contributed by atoms with Crippen LogP contribution in [0.25, 0.3) is 0 Å². The van der Waals surface area contributed by atoms with Crippen molar-refractivity contribution in [1.82, 2.24) is 5.32 Å². The molecule has 0 heterocycles. The van der Waals surface area contributed by atoms with E-state index in [1.54, 1.807) is 0 Å². The quantitative estimate of drug-likeness (QED) is 0.894. The molecule has 0 spiro atoms. The number of amides is 1. The molecule has 21 heavy (non-hydrogen) atoms. The van der Waals surface area contributed by atoms with E-state index in [0.717, 1.165) is 18.8 Å². The van der Waals surface area contributed by atoms with Crippen LogP contribution in [0.2, 0.25) is 5.02 Å². The van der Waals surface area contributed by atoms with Crippen molar-refractivity contribution in [2.75, 3.05) is 6.61 Å². The molecule has 0 unspecified atom stereocenters. The van der Waals surface area contributed by atoms with Gasteiger partial charge in [0.25, 0.3) is 5.91 Å². The van der Waals surface area contributed by atoms with E-state index >= 15 is 0 Å². The average molecular weight is 314 g/mol. The topological polar surface area (TPSA) is 38.3 Å². The molecule has 0 bridgehead atoms. The molecule has 5 heteroatoms. The molecule has 1 fully saturated rings. The Labute approximate surface area is 129 Å². The molecule has 0 saturated heterocycles. The van der Waals surface area contributed by atoms with Crippen LogP contribution in [-0.4, -0.2) is 18.6 Å². The van der Waals surface area contributed by atoms with Gasteiger partial charge in [0.1, 0.15) is 11.6 Å². The second kappa shape index (κ2) is 7.64. The second-order valence-corrected chi connectivity index (χ2v) is 5.96. The highest BCUT2D eigenvalue weighted by atomic mass is 35.5. The number of nitrogens with one attached hydrogen (secondary N) is 1. The van der Waals surface area contributed by atoms with Crippen LogP contribution in [0, 0.1) is 11.7 Å². The minimum Gasteiger partial charge on any atom is -0.482 e. The SMILES string of the molecule is CCC1CCC(NC(=O)COc2ccc(F)cc2Cl)CC1. The number of hydrogen-bond donors (Lipinski definition) is 1. The smallest absolute Gasteiger partial charge is 0.258 e. The van der Waals surface area contributed by atoms with Gasteiger partial charge in [-0.05, 0) is 49.8 Å². The van der Waals surface area contributed by atoms with Crippen LogP contribution < -0.4 is 10.1 Å². The fourth-order valence-electron chi connectivity index (χ4n) is 2.72. The largest absolute Gasteiger partial charge is 0.482 e. The van der Waals surface area contributed by atoms with Gasteiger partial charge in [0.2, 0.25) is 0 Å². The van der Waals surface area contributed by atoms with Crippen LogP contribution >= 0.6 is 11.6 Å². The Morgan fingerprint density at radius 2 is 2.10 bits per heavy atom. The zero-order valence-corrected chi connectivity index (χ0v) is 13.0. The molecule has 1 saturated carbocycles. The first-order chi connectivity index (χ1) is 10.1. The average Bonchev–Trinajstić information content (AvgIpc) is 2.47. The van der Waals surface area contributed by atoms with E-state index in [1.807, 2.05) is 0 Å². The van der Waals surface area contributed by atoms with Crippen molar-refractivity contribution < 1.29 is 13.9 Å². The highest BCUT2D eigenvalue weighted by molar-refractivity contribution is 6.32. The standard InChI is InChI=1S/C16H21ClFNO2/c1-2-11-3-6-13(7-4-11)19-16(20)10-21-15-8-5-12(18)9-14(15)17/h5,8-9,11,13H,2-4,6-7,10H2,1H3,(H,19,20). The third-order valence-corrected chi connectivity index (χ3v) is 4.34. The van der Waals surface area contributed by atoms with Gasteiger partial charge in [0.05, 0.1) is 5.02 Å². The molecule has 2 rings (SSSR count). The van der Waals surface area contributed by atoms with Gasteiger partial charge in [-0.3, -0.25) is 4.79 Å². The number of ether oxygens (including phenoxy) is 1. The van der Waals surface area contributed by atoms with Gasteiger partial charge < -0.3 is 10.1 Å². The maximum atomic E-state index is 12.9. The molecule has 0 radical (unpaired) electrons. The van der Waals surface area contributed by atoms with Gasteiger partial charge >= 0.3 is 0 Å². The Kier molecular flexibility index (Phi) is 5.85. The molecule has 1 aromatic rings. The number of hydrogen-bond acceptors (Lipinski definition) is 2. The van der Waals surface area contributed by atoms with Crippen molar-refractivity contribution in [3.8, 4) is 5.75 Å². The summed E-state index contributed by atoms with van der Waals surface area (Å²) in [6.07, 6.45) is 5.62. The molecule has 116 valence electrons. The van der Waals surface area contributed by atoms with Crippen molar-refractivity contribution >= 4 is 17.5 Å². The minimum atomic E-state index is -0.426. The lowest BCUT2D eigenvalue weighted by Gasteiger charge is -2.28. The molecule has 0 aliphatic heterocycles. The maximum absolute atomic E-state index is 12.9. The van der Waals surface area contributed by atoms with Crippen molar-refractivity contribution in [2.24, 2.45) is 5.92 Å².